The summed E-state index contributed by atoms with van der Waals surface area (Å²) in [5, 5.41) is 5.89. The van der Waals surface area contributed by atoms with Crippen LogP contribution in [0.2, 0.25) is 0 Å². The van der Waals surface area contributed by atoms with Gasteiger partial charge in [0.05, 0.1) is 11.3 Å². The topological polar surface area (TPSA) is 18.8 Å². The third kappa shape index (κ3) is 2.57. The SMILES string of the molecule is CN(C)C1=NN(c2cccc(C(F)(F)F)c2)CC1. The van der Waals surface area contributed by atoms with Crippen molar-refractivity contribution in [3.05, 3.63) is 29.8 Å². The first-order valence-corrected chi connectivity index (χ1v) is 5.57. The monoisotopic (exact) mass is 257 g/mol. The van der Waals surface area contributed by atoms with Crippen LogP contribution in [0.15, 0.2) is 29.4 Å². The van der Waals surface area contributed by atoms with Gasteiger partial charge in [0.2, 0.25) is 0 Å². The van der Waals surface area contributed by atoms with Gasteiger partial charge < -0.3 is 4.90 Å². The minimum absolute atomic E-state index is 0.474. The zero-order valence-corrected chi connectivity index (χ0v) is 10.2. The van der Waals surface area contributed by atoms with Crippen LogP contribution in [0.3, 0.4) is 0 Å². The Bertz CT molecular complexity index is 466. The summed E-state index contributed by atoms with van der Waals surface area (Å²) in [6, 6.07) is 5.23. The van der Waals surface area contributed by atoms with Crippen LogP contribution in [0.25, 0.3) is 0 Å². The first-order chi connectivity index (χ1) is 8.38. The first-order valence-electron chi connectivity index (χ1n) is 5.57. The molecule has 0 radical (unpaired) electrons. The number of hydrogen-bond donors (Lipinski definition) is 0. The predicted molar refractivity (Wildman–Crippen MR) is 64.5 cm³/mol. The lowest BCUT2D eigenvalue weighted by molar-refractivity contribution is -0.137. The minimum Gasteiger partial charge on any atom is -0.365 e. The van der Waals surface area contributed by atoms with E-state index in [2.05, 4.69) is 5.10 Å². The number of benzene rings is 1. The largest absolute Gasteiger partial charge is 0.416 e. The van der Waals surface area contributed by atoms with E-state index < -0.39 is 11.7 Å². The van der Waals surface area contributed by atoms with Crippen molar-refractivity contribution in [3.63, 3.8) is 0 Å². The smallest absolute Gasteiger partial charge is 0.365 e. The van der Waals surface area contributed by atoms with Crippen LogP contribution in [-0.4, -0.2) is 31.4 Å². The molecule has 0 saturated heterocycles. The summed E-state index contributed by atoms with van der Waals surface area (Å²) in [5.41, 5.74) is -0.171. The van der Waals surface area contributed by atoms with Gasteiger partial charge in [0.15, 0.2) is 0 Å². The molecule has 3 nitrogen and oxygen atoms in total. The maximum absolute atomic E-state index is 12.6. The van der Waals surface area contributed by atoms with Crippen molar-refractivity contribution in [1.29, 1.82) is 0 Å². The third-order valence-corrected chi connectivity index (χ3v) is 2.77. The van der Waals surface area contributed by atoms with E-state index in [1.54, 1.807) is 11.1 Å². The van der Waals surface area contributed by atoms with Crippen LogP contribution in [-0.2, 0) is 6.18 Å². The quantitative estimate of drug-likeness (QED) is 0.770. The van der Waals surface area contributed by atoms with Gasteiger partial charge >= 0.3 is 6.18 Å². The van der Waals surface area contributed by atoms with Gasteiger partial charge in [-0.3, -0.25) is 5.01 Å². The van der Waals surface area contributed by atoms with E-state index in [1.807, 2.05) is 19.0 Å². The van der Waals surface area contributed by atoms with Gasteiger partial charge in [-0.1, -0.05) is 6.07 Å². The zero-order valence-electron chi connectivity index (χ0n) is 10.2. The molecule has 1 aliphatic heterocycles. The molecule has 0 amide bonds. The van der Waals surface area contributed by atoms with E-state index >= 15 is 0 Å². The molecule has 0 atom stereocenters. The highest BCUT2D eigenvalue weighted by molar-refractivity contribution is 5.85. The Kier molecular flexibility index (Phi) is 3.19. The van der Waals surface area contributed by atoms with E-state index in [9.17, 15) is 13.2 Å². The van der Waals surface area contributed by atoms with Crippen LogP contribution in [0, 0.1) is 0 Å². The second-order valence-corrected chi connectivity index (χ2v) is 4.33. The van der Waals surface area contributed by atoms with Crippen LogP contribution >= 0.6 is 0 Å². The summed E-state index contributed by atoms with van der Waals surface area (Å²) in [7, 11) is 3.74. The Labute approximate surface area is 103 Å². The number of halogens is 3. The Morgan fingerprint density at radius 2 is 2.00 bits per heavy atom. The summed E-state index contributed by atoms with van der Waals surface area (Å²) in [6.07, 6.45) is -3.58. The number of amidine groups is 1. The van der Waals surface area contributed by atoms with E-state index in [-0.39, 0.29) is 0 Å². The number of anilines is 1. The molecule has 0 aliphatic carbocycles. The molecular formula is C12H14F3N3. The second-order valence-electron chi connectivity index (χ2n) is 4.33. The van der Waals surface area contributed by atoms with Gasteiger partial charge in [0.25, 0.3) is 0 Å². The second kappa shape index (κ2) is 4.51. The Morgan fingerprint density at radius 3 is 2.56 bits per heavy atom. The average molecular weight is 257 g/mol. The molecule has 0 aromatic heterocycles. The fourth-order valence-corrected chi connectivity index (χ4v) is 1.79. The van der Waals surface area contributed by atoms with Crippen molar-refractivity contribution in [3.8, 4) is 0 Å². The highest BCUT2D eigenvalue weighted by Gasteiger charge is 2.31. The van der Waals surface area contributed by atoms with Crippen LogP contribution < -0.4 is 5.01 Å². The van der Waals surface area contributed by atoms with Gasteiger partial charge in [0, 0.05) is 27.1 Å². The summed E-state index contributed by atoms with van der Waals surface area (Å²) < 4.78 is 37.8. The summed E-state index contributed by atoms with van der Waals surface area (Å²) in [5.74, 6) is 0.868. The predicted octanol–water partition coefficient (Wildman–Crippen LogP) is 2.79. The molecule has 0 saturated carbocycles. The van der Waals surface area contributed by atoms with Gasteiger partial charge in [-0.15, -0.1) is 0 Å². The maximum Gasteiger partial charge on any atom is 0.416 e. The van der Waals surface area contributed by atoms with Crippen LogP contribution in [0.5, 0.6) is 0 Å². The molecule has 0 unspecified atom stereocenters. The lowest BCUT2D eigenvalue weighted by Crippen LogP contribution is -2.19. The van der Waals surface area contributed by atoms with E-state index in [1.165, 1.54) is 6.07 Å². The lowest BCUT2D eigenvalue weighted by Gasteiger charge is -2.15. The number of alkyl halides is 3. The maximum atomic E-state index is 12.6. The molecule has 1 aromatic rings. The van der Waals surface area contributed by atoms with Crippen molar-refractivity contribution < 1.29 is 13.2 Å². The van der Waals surface area contributed by atoms with Crippen LogP contribution in [0.1, 0.15) is 12.0 Å². The molecule has 6 heteroatoms. The molecule has 0 spiro atoms. The van der Waals surface area contributed by atoms with E-state index in [4.69, 9.17) is 0 Å². The van der Waals surface area contributed by atoms with Gasteiger partial charge in [-0.2, -0.15) is 18.3 Å². The normalized spacial score (nSPS) is 15.8. The number of rotatable bonds is 1. The molecule has 98 valence electrons. The highest BCUT2D eigenvalue weighted by Crippen LogP contribution is 2.32. The van der Waals surface area contributed by atoms with Gasteiger partial charge in [-0.05, 0) is 18.2 Å². The number of nitrogens with zero attached hydrogens (tertiary/aromatic N) is 3. The molecule has 1 heterocycles. The van der Waals surface area contributed by atoms with Crippen molar-refractivity contribution in [2.24, 2.45) is 5.10 Å². The highest BCUT2D eigenvalue weighted by atomic mass is 19.4. The third-order valence-electron chi connectivity index (χ3n) is 2.77. The molecule has 0 bridgehead atoms. The van der Waals surface area contributed by atoms with E-state index in [0.29, 0.717) is 12.2 Å². The fourth-order valence-electron chi connectivity index (χ4n) is 1.79. The minimum atomic E-state index is -4.32. The standard InChI is InChI=1S/C12H14F3N3/c1-17(2)11-6-7-18(16-11)10-5-3-4-9(8-10)12(13,14)15/h3-5,8H,6-7H2,1-2H3. The zero-order chi connectivity index (χ0) is 13.3. The molecular weight excluding hydrogens is 243 g/mol. The average Bonchev–Trinajstić information content (AvgIpc) is 2.77. The van der Waals surface area contributed by atoms with Crippen LogP contribution in [0.4, 0.5) is 18.9 Å². The molecule has 1 aromatic carbocycles. The molecule has 18 heavy (non-hydrogen) atoms. The summed E-state index contributed by atoms with van der Waals surface area (Å²) in [4.78, 5) is 1.87. The Hall–Kier alpha value is -1.72. The summed E-state index contributed by atoms with van der Waals surface area (Å²) >= 11 is 0. The Balaban J connectivity index is 2.25. The molecule has 2 rings (SSSR count). The fraction of sp³-hybridized carbons (Fsp3) is 0.417. The molecule has 0 fully saturated rings. The number of hydrogen-bond acceptors (Lipinski definition) is 3. The molecule has 1 aliphatic rings. The first kappa shape index (κ1) is 12.7. The lowest BCUT2D eigenvalue weighted by atomic mass is 10.2. The van der Waals surface area contributed by atoms with Gasteiger partial charge in [-0.25, -0.2) is 0 Å². The van der Waals surface area contributed by atoms with Gasteiger partial charge in [0.1, 0.15) is 5.84 Å². The molecule has 0 N–H and O–H groups in total. The van der Waals surface area contributed by atoms with Crippen molar-refractivity contribution in [1.82, 2.24) is 4.90 Å². The Morgan fingerprint density at radius 1 is 1.28 bits per heavy atom. The van der Waals surface area contributed by atoms with Crippen molar-refractivity contribution in [2.45, 2.75) is 12.6 Å². The van der Waals surface area contributed by atoms with Crippen molar-refractivity contribution in [2.75, 3.05) is 25.6 Å². The number of hydrazone groups is 1. The summed E-state index contributed by atoms with van der Waals surface area (Å²) in [6.45, 7) is 0.606. The van der Waals surface area contributed by atoms with Crippen molar-refractivity contribution >= 4 is 11.5 Å². The van der Waals surface area contributed by atoms with E-state index in [0.717, 1.165) is 24.4 Å².